The Hall–Kier alpha value is -3.62. The van der Waals surface area contributed by atoms with Crippen molar-refractivity contribution in [3.63, 3.8) is 0 Å². The van der Waals surface area contributed by atoms with Gasteiger partial charge in [-0.1, -0.05) is 58.8 Å². The van der Waals surface area contributed by atoms with E-state index < -0.39 is 17.5 Å². The predicted octanol–water partition coefficient (Wildman–Crippen LogP) is 6.75. The molecule has 4 aromatic rings. The molecular formula is C24H17ClF2N4OS. The van der Waals surface area contributed by atoms with Gasteiger partial charge in [0.25, 0.3) is 5.91 Å². The van der Waals surface area contributed by atoms with Crippen LogP contribution in [0.5, 0.6) is 0 Å². The molecule has 9 heteroatoms. The van der Waals surface area contributed by atoms with Crippen molar-refractivity contribution in [1.29, 1.82) is 0 Å². The highest BCUT2D eigenvalue weighted by atomic mass is 35.5. The van der Waals surface area contributed by atoms with Crippen LogP contribution >= 0.6 is 22.9 Å². The number of aryl methyl sites for hydroxylation is 1. The minimum absolute atomic E-state index is 0.145. The number of hydrazone groups is 1. The minimum atomic E-state index is -0.500. The molecule has 166 valence electrons. The highest BCUT2D eigenvalue weighted by Crippen LogP contribution is 2.36. The third-order valence-corrected chi connectivity index (χ3v) is 5.84. The number of benzene rings is 3. The lowest BCUT2D eigenvalue weighted by Gasteiger charge is -2.06. The third kappa shape index (κ3) is 5.42. The van der Waals surface area contributed by atoms with E-state index in [0.29, 0.717) is 21.4 Å². The molecule has 0 saturated heterocycles. The molecule has 2 N–H and O–H groups in total. The summed E-state index contributed by atoms with van der Waals surface area (Å²) in [7, 11) is 0. The summed E-state index contributed by atoms with van der Waals surface area (Å²) in [6.45, 7) is 1.97. The Morgan fingerprint density at radius 1 is 1.06 bits per heavy atom. The maximum absolute atomic E-state index is 13.9. The van der Waals surface area contributed by atoms with E-state index in [1.54, 1.807) is 6.07 Å². The number of aromatic nitrogens is 1. The number of thiazole rings is 1. The van der Waals surface area contributed by atoms with Crippen molar-refractivity contribution in [2.45, 2.75) is 6.92 Å². The molecule has 4 rings (SSSR count). The normalized spacial score (nSPS) is 11.0. The molecular weight excluding hydrogens is 466 g/mol. The molecule has 0 atom stereocenters. The average Bonchev–Trinajstić information content (AvgIpc) is 3.19. The highest BCUT2D eigenvalue weighted by Gasteiger charge is 2.17. The molecule has 1 heterocycles. The number of nitrogens with one attached hydrogen (secondary N) is 2. The molecule has 0 radical (unpaired) electrons. The molecule has 0 fully saturated rings. The smallest absolute Gasteiger partial charge is 0.256 e. The zero-order valence-corrected chi connectivity index (χ0v) is 18.8. The van der Waals surface area contributed by atoms with E-state index in [2.05, 4.69) is 20.8 Å². The molecule has 5 nitrogen and oxygen atoms in total. The highest BCUT2D eigenvalue weighted by molar-refractivity contribution is 7.20. The molecule has 0 aliphatic carbocycles. The number of carbonyl (C=O) groups is 1. The lowest BCUT2D eigenvalue weighted by atomic mass is 10.1. The molecule has 0 bridgehead atoms. The van der Waals surface area contributed by atoms with Crippen LogP contribution in [0, 0.1) is 18.6 Å². The van der Waals surface area contributed by atoms with Gasteiger partial charge in [0.05, 0.1) is 11.2 Å². The minimum Gasteiger partial charge on any atom is -0.312 e. The Bertz CT molecular complexity index is 1300. The number of amides is 1. The van der Waals surface area contributed by atoms with E-state index in [-0.39, 0.29) is 10.6 Å². The molecule has 0 aliphatic heterocycles. The first-order valence-electron chi connectivity index (χ1n) is 9.78. The van der Waals surface area contributed by atoms with Crippen LogP contribution in [-0.4, -0.2) is 17.1 Å². The van der Waals surface area contributed by atoms with Crippen LogP contribution in [0.1, 0.15) is 21.5 Å². The van der Waals surface area contributed by atoms with Gasteiger partial charge in [0, 0.05) is 16.7 Å². The zero-order valence-electron chi connectivity index (χ0n) is 17.3. The summed E-state index contributed by atoms with van der Waals surface area (Å²) in [5, 5.41) is 7.95. The maximum atomic E-state index is 13.9. The lowest BCUT2D eigenvalue weighted by Crippen LogP contribution is -2.11. The summed E-state index contributed by atoms with van der Waals surface area (Å²) in [5.74, 6) is -1.33. The van der Waals surface area contributed by atoms with Crippen LogP contribution in [0.15, 0.2) is 71.8 Å². The van der Waals surface area contributed by atoms with Crippen molar-refractivity contribution in [3.8, 4) is 11.3 Å². The van der Waals surface area contributed by atoms with Crippen LogP contribution in [0.4, 0.5) is 18.9 Å². The molecule has 1 amide bonds. The number of halogens is 3. The van der Waals surface area contributed by atoms with Crippen LogP contribution < -0.4 is 10.7 Å². The monoisotopic (exact) mass is 482 g/mol. The Morgan fingerprint density at radius 2 is 1.79 bits per heavy atom. The number of carbonyl (C=O) groups excluding carboxylic acids is 1. The van der Waals surface area contributed by atoms with Gasteiger partial charge in [0.1, 0.15) is 22.3 Å². The van der Waals surface area contributed by atoms with E-state index in [1.807, 2.05) is 31.2 Å². The van der Waals surface area contributed by atoms with Crippen molar-refractivity contribution in [3.05, 3.63) is 100 Å². The van der Waals surface area contributed by atoms with E-state index in [0.717, 1.165) is 22.5 Å². The molecule has 0 aliphatic rings. The van der Waals surface area contributed by atoms with E-state index >= 15 is 0 Å². The summed E-state index contributed by atoms with van der Waals surface area (Å²) < 4.78 is 27.1. The number of rotatable bonds is 6. The Balaban J connectivity index is 1.62. The molecule has 0 unspecified atom stereocenters. The van der Waals surface area contributed by atoms with Gasteiger partial charge in [-0.25, -0.2) is 13.8 Å². The van der Waals surface area contributed by atoms with Crippen molar-refractivity contribution < 1.29 is 13.6 Å². The largest absolute Gasteiger partial charge is 0.312 e. The molecule has 0 spiro atoms. The van der Waals surface area contributed by atoms with E-state index in [1.165, 1.54) is 42.6 Å². The summed E-state index contributed by atoms with van der Waals surface area (Å²) in [6.07, 6.45) is 1.27. The van der Waals surface area contributed by atoms with E-state index in [9.17, 15) is 13.6 Å². The van der Waals surface area contributed by atoms with Gasteiger partial charge in [0.15, 0.2) is 0 Å². The van der Waals surface area contributed by atoms with Crippen LogP contribution in [0.3, 0.4) is 0 Å². The van der Waals surface area contributed by atoms with Crippen molar-refractivity contribution >= 4 is 45.2 Å². The van der Waals surface area contributed by atoms with Crippen molar-refractivity contribution in [2.24, 2.45) is 5.10 Å². The third-order valence-electron chi connectivity index (χ3n) is 4.64. The standard InChI is InChI=1S/C24H17ClF2N4OS/c1-14-5-7-15(8-6-14)21-23(30-22(32)16-9-11-17(26)12-10-16)33-24(29-21)31-28-13-18-19(25)3-2-4-20(18)27/h2-13H,1H3,(H,29,31)(H,30,32). The zero-order chi connectivity index (χ0) is 23.4. The summed E-state index contributed by atoms with van der Waals surface area (Å²) >= 11 is 7.18. The quantitative estimate of drug-likeness (QED) is 0.236. The molecule has 33 heavy (non-hydrogen) atoms. The maximum Gasteiger partial charge on any atom is 0.256 e. The average molecular weight is 483 g/mol. The van der Waals surface area contributed by atoms with Gasteiger partial charge in [0.2, 0.25) is 5.13 Å². The Labute approximate surface area is 197 Å². The topological polar surface area (TPSA) is 66.4 Å². The second kappa shape index (κ2) is 9.89. The molecule has 1 aromatic heterocycles. The van der Waals surface area contributed by atoms with Gasteiger partial charge in [-0.05, 0) is 43.3 Å². The second-order valence-electron chi connectivity index (χ2n) is 7.03. The fraction of sp³-hybridized carbons (Fsp3) is 0.0417. The summed E-state index contributed by atoms with van der Waals surface area (Å²) in [4.78, 5) is 17.2. The second-order valence-corrected chi connectivity index (χ2v) is 8.44. The van der Waals surface area contributed by atoms with Gasteiger partial charge < -0.3 is 5.32 Å². The number of hydrogen-bond acceptors (Lipinski definition) is 5. The fourth-order valence-corrected chi connectivity index (χ4v) is 3.97. The molecule has 3 aromatic carbocycles. The SMILES string of the molecule is Cc1ccc(-c2nc(NN=Cc3c(F)cccc3Cl)sc2NC(=O)c2ccc(F)cc2)cc1. The van der Waals surface area contributed by atoms with Crippen LogP contribution in [0.2, 0.25) is 5.02 Å². The first kappa shape index (κ1) is 22.6. The van der Waals surface area contributed by atoms with Crippen LogP contribution in [0.25, 0.3) is 11.3 Å². The number of hydrogen-bond donors (Lipinski definition) is 2. The lowest BCUT2D eigenvalue weighted by molar-refractivity contribution is 0.102. The summed E-state index contributed by atoms with van der Waals surface area (Å²) in [6, 6.07) is 17.3. The fourth-order valence-electron chi connectivity index (χ4n) is 2.92. The summed E-state index contributed by atoms with van der Waals surface area (Å²) in [5.41, 5.74) is 5.62. The Morgan fingerprint density at radius 3 is 2.48 bits per heavy atom. The van der Waals surface area contributed by atoms with Gasteiger partial charge >= 0.3 is 0 Å². The van der Waals surface area contributed by atoms with Crippen molar-refractivity contribution in [2.75, 3.05) is 10.7 Å². The first-order valence-corrected chi connectivity index (χ1v) is 11.0. The van der Waals surface area contributed by atoms with Gasteiger partial charge in [-0.2, -0.15) is 5.10 Å². The van der Waals surface area contributed by atoms with E-state index in [4.69, 9.17) is 11.6 Å². The van der Waals surface area contributed by atoms with Gasteiger partial charge in [-0.3, -0.25) is 10.2 Å². The molecule has 0 saturated carbocycles. The van der Waals surface area contributed by atoms with Crippen LogP contribution in [-0.2, 0) is 0 Å². The number of nitrogens with zero attached hydrogens (tertiary/aromatic N) is 2. The van der Waals surface area contributed by atoms with Gasteiger partial charge in [-0.15, -0.1) is 0 Å². The first-order chi connectivity index (χ1) is 15.9. The van der Waals surface area contributed by atoms with Crippen molar-refractivity contribution in [1.82, 2.24) is 4.98 Å². The predicted molar refractivity (Wildman–Crippen MR) is 129 cm³/mol. The number of anilines is 2. The Kier molecular flexibility index (Phi) is 6.76.